The molecule has 2 N–H and O–H groups in total. The number of hydrogen-bond acceptors (Lipinski definition) is 7. The van der Waals surface area contributed by atoms with Crippen LogP contribution in [0.25, 0.3) is 0 Å². The molecule has 0 aromatic carbocycles. The lowest BCUT2D eigenvalue weighted by atomic mass is 10.3. The van der Waals surface area contributed by atoms with Gasteiger partial charge in [-0.2, -0.15) is 0 Å². The molecule has 0 aliphatic carbocycles. The van der Waals surface area contributed by atoms with Crippen LogP contribution in [0.15, 0.2) is 29.0 Å². The average molecular weight is 277 g/mol. The van der Waals surface area contributed by atoms with Crippen LogP contribution in [0.3, 0.4) is 0 Å². The van der Waals surface area contributed by atoms with Gasteiger partial charge in [-0.25, -0.2) is 4.98 Å². The molecule has 0 saturated heterocycles. The van der Waals surface area contributed by atoms with Crippen LogP contribution in [0.2, 0.25) is 0 Å². The molecule has 0 spiro atoms. The third-order valence-corrected chi connectivity index (χ3v) is 2.55. The van der Waals surface area contributed by atoms with Gasteiger partial charge in [0, 0.05) is 18.7 Å². The van der Waals surface area contributed by atoms with E-state index in [1.807, 2.05) is 6.92 Å². The zero-order chi connectivity index (χ0) is 14.4. The van der Waals surface area contributed by atoms with E-state index < -0.39 is 4.92 Å². The van der Waals surface area contributed by atoms with Gasteiger partial charge in [0.2, 0.25) is 5.82 Å². The molecule has 0 fully saturated rings. The molecular weight excluding hydrogens is 262 g/mol. The second-order valence-electron chi connectivity index (χ2n) is 4.09. The SMILES string of the molecule is CCCNc1ccc([N+](=O)[O-])c(NCc2ccon2)n1. The Balaban J connectivity index is 2.15. The molecule has 8 heteroatoms. The van der Waals surface area contributed by atoms with Gasteiger partial charge >= 0.3 is 5.69 Å². The number of anilines is 2. The number of nitrogens with zero attached hydrogens (tertiary/aromatic N) is 3. The van der Waals surface area contributed by atoms with Crippen LogP contribution in [-0.4, -0.2) is 21.6 Å². The largest absolute Gasteiger partial charge is 0.370 e. The predicted molar refractivity (Wildman–Crippen MR) is 73.5 cm³/mol. The van der Waals surface area contributed by atoms with Crippen LogP contribution in [0.4, 0.5) is 17.3 Å². The normalized spacial score (nSPS) is 10.2. The smallest absolute Gasteiger partial charge is 0.311 e. The first-order valence-electron chi connectivity index (χ1n) is 6.23. The van der Waals surface area contributed by atoms with Crippen molar-refractivity contribution in [3.63, 3.8) is 0 Å². The monoisotopic (exact) mass is 277 g/mol. The van der Waals surface area contributed by atoms with Crippen molar-refractivity contribution in [1.29, 1.82) is 0 Å². The summed E-state index contributed by atoms with van der Waals surface area (Å²) >= 11 is 0. The van der Waals surface area contributed by atoms with E-state index in [0.29, 0.717) is 18.1 Å². The Kier molecular flexibility index (Phi) is 4.48. The Hall–Kier alpha value is -2.64. The van der Waals surface area contributed by atoms with Gasteiger partial charge in [0.25, 0.3) is 0 Å². The molecule has 2 heterocycles. The number of aromatic nitrogens is 2. The highest BCUT2D eigenvalue weighted by molar-refractivity contribution is 5.60. The molecule has 2 aromatic rings. The Bertz CT molecular complexity index is 570. The van der Waals surface area contributed by atoms with E-state index in [0.717, 1.165) is 13.0 Å². The van der Waals surface area contributed by atoms with E-state index >= 15 is 0 Å². The highest BCUT2D eigenvalue weighted by atomic mass is 16.6. The lowest BCUT2D eigenvalue weighted by Gasteiger charge is -2.08. The number of rotatable bonds is 7. The van der Waals surface area contributed by atoms with Crippen LogP contribution in [0.1, 0.15) is 19.0 Å². The number of nitrogens with one attached hydrogen (secondary N) is 2. The van der Waals surface area contributed by atoms with Crippen molar-refractivity contribution in [3.8, 4) is 0 Å². The third-order valence-electron chi connectivity index (χ3n) is 2.55. The summed E-state index contributed by atoms with van der Waals surface area (Å²) in [7, 11) is 0. The molecular formula is C12H15N5O3. The summed E-state index contributed by atoms with van der Waals surface area (Å²) < 4.78 is 4.70. The minimum absolute atomic E-state index is 0.0736. The van der Waals surface area contributed by atoms with Gasteiger partial charge in [0.1, 0.15) is 17.8 Å². The molecule has 0 atom stereocenters. The summed E-state index contributed by atoms with van der Waals surface area (Å²) in [5.41, 5.74) is 0.573. The first kappa shape index (κ1) is 13.8. The lowest BCUT2D eigenvalue weighted by molar-refractivity contribution is -0.384. The maximum atomic E-state index is 11.0. The first-order valence-corrected chi connectivity index (χ1v) is 6.23. The molecule has 8 nitrogen and oxygen atoms in total. The topological polar surface area (TPSA) is 106 Å². The summed E-state index contributed by atoms with van der Waals surface area (Å²) in [6.45, 7) is 3.09. The van der Waals surface area contributed by atoms with E-state index in [9.17, 15) is 10.1 Å². The summed E-state index contributed by atoms with van der Waals surface area (Å²) in [6, 6.07) is 4.70. The zero-order valence-corrected chi connectivity index (χ0v) is 11.0. The maximum absolute atomic E-state index is 11.0. The third kappa shape index (κ3) is 3.44. The van der Waals surface area contributed by atoms with Crippen LogP contribution < -0.4 is 10.6 Å². The van der Waals surface area contributed by atoms with Gasteiger partial charge < -0.3 is 15.2 Å². The minimum atomic E-state index is -0.471. The lowest BCUT2D eigenvalue weighted by Crippen LogP contribution is -2.08. The van der Waals surface area contributed by atoms with Crippen molar-refractivity contribution in [3.05, 3.63) is 40.3 Å². The van der Waals surface area contributed by atoms with Crippen molar-refractivity contribution in [2.75, 3.05) is 17.2 Å². The summed E-state index contributed by atoms with van der Waals surface area (Å²) in [4.78, 5) is 14.7. The molecule has 0 unspecified atom stereocenters. The van der Waals surface area contributed by atoms with E-state index in [1.54, 1.807) is 12.1 Å². The zero-order valence-electron chi connectivity index (χ0n) is 11.0. The van der Waals surface area contributed by atoms with Crippen molar-refractivity contribution >= 4 is 17.3 Å². The first-order chi connectivity index (χ1) is 9.70. The van der Waals surface area contributed by atoms with Crippen molar-refractivity contribution in [2.24, 2.45) is 0 Å². The van der Waals surface area contributed by atoms with Gasteiger partial charge in [-0.05, 0) is 12.5 Å². The van der Waals surface area contributed by atoms with Crippen molar-refractivity contribution < 1.29 is 9.45 Å². The number of nitro groups is 1. The molecule has 2 rings (SSSR count). The molecule has 2 aromatic heterocycles. The molecule has 0 bridgehead atoms. The van der Waals surface area contributed by atoms with Crippen LogP contribution >= 0.6 is 0 Å². The molecule has 0 aliphatic rings. The minimum Gasteiger partial charge on any atom is -0.370 e. The fraction of sp³-hybridized carbons (Fsp3) is 0.333. The van der Waals surface area contributed by atoms with Crippen LogP contribution in [-0.2, 0) is 6.54 Å². The van der Waals surface area contributed by atoms with Gasteiger partial charge in [-0.15, -0.1) is 0 Å². The predicted octanol–water partition coefficient (Wildman–Crippen LogP) is 2.41. The molecule has 0 saturated carbocycles. The maximum Gasteiger partial charge on any atom is 0.311 e. The molecule has 0 aliphatic heterocycles. The summed E-state index contributed by atoms with van der Waals surface area (Å²) in [5.74, 6) is 0.805. The van der Waals surface area contributed by atoms with Crippen LogP contribution in [0.5, 0.6) is 0 Å². The average Bonchev–Trinajstić information content (AvgIpc) is 2.96. The van der Waals surface area contributed by atoms with Crippen LogP contribution in [0, 0.1) is 10.1 Å². The summed E-state index contributed by atoms with van der Waals surface area (Å²) in [6.07, 6.45) is 2.39. The Morgan fingerprint density at radius 1 is 1.35 bits per heavy atom. The molecule has 0 amide bonds. The van der Waals surface area contributed by atoms with Gasteiger partial charge in [0.15, 0.2) is 0 Å². The Labute approximate surface area is 115 Å². The standard InChI is InChI=1S/C12H15N5O3/c1-2-6-13-11-4-3-10(17(18)19)12(15-11)14-8-9-5-7-20-16-9/h3-5,7H,2,6,8H2,1H3,(H2,13,14,15). The molecule has 0 radical (unpaired) electrons. The number of pyridine rings is 1. The Morgan fingerprint density at radius 2 is 2.20 bits per heavy atom. The van der Waals surface area contributed by atoms with E-state index in [1.165, 1.54) is 12.3 Å². The fourth-order valence-corrected chi connectivity index (χ4v) is 1.58. The molecule has 20 heavy (non-hydrogen) atoms. The van der Waals surface area contributed by atoms with E-state index in [2.05, 4.69) is 20.8 Å². The second kappa shape index (κ2) is 6.50. The van der Waals surface area contributed by atoms with E-state index in [-0.39, 0.29) is 11.5 Å². The Morgan fingerprint density at radius 3 is 2.85 bits per heavy atom. The van der Waals surface area contributed by atoms with Gasteiger partial charge in [0.05, 0.1) is 11.5 Å². The second-order valence-corrected chi connectivity index (χ2v) is 4.09. The highest BCUT2D eigenvalue weighted by Crippen LogP contribution is 2.24. The summed E-state index contributed by atoms with van der Waals surface area (Å²) in [5, 5.41) is 20.7. The van der Waals surface area contributed by atoms with Gasteiger partial charge in [-0.1, -0.05) is 12.1 Å². The fourth-order valence-electron chi connectivity index (χ4n) is 1.58. The highest BCUT2D eigenvalue weighted by Gasteiger charge is 2.16. The van der Waals surface area contributed by atoms with E-state index in [4.69, 9.17) is 4.52 Å². The van der Waals surface area contributed by atoms with Gasteiger partial charge in [-0.3, -0.25) is 10.1 Å². The van der Waals surface area contributed by atoms with Crippen molar-refractivity contribution in [2.45, 2.75) is 19.9 Å². The number of hydrogen-bond donors (Lipinski definition) is 2. The quantitative estimate of drug-likeness (QED) is 0.591. The molecule has 106 valence electrons. The van der Waals surface area contributed by atoms with Crippen molar-refractivity contribution in [1.82, 2.24) is 10.1 Å².